The van der Waals surface area contributed by atoms with Gasteiger partial charge in [0.1, 0.15) is 0 Å². The van der Waals surface area contributed by atoms with Crippen LogP contribution in [-0.2, 0) is 21.7 Å². The summed E-state index contributed by atoms with van der Waals surface area (Å²) in [6.45, 7) is 19.1. The molecule has 0 amide bonds. The lowest BCUT2D eigenvalue weighted by Crippen LogP contribution is -2.36. The average molecular weight is 642 g/mol. The van der Waals surface area contributed by atoms with Crippen LogP contribution in [0.4, 0.5) is 5.69 Å². The largest absolute Gasteiger partial charge is 0.382 e. The Labute approximate surface area is 294 Å². The maximum atomic E-state index is 4.14. The molecule has 4 aliphatic carbocycles. The molecule has 5 aromatic rings. The summed E-state index contributed by atoms with van der Waals surface area (Å²) in [5, 5.41) is 4.14. The van der Waals surface area contributed by atoms with Gasteiger partial charge in [-0.25, -0.2) is 0 Å². The number of hydrogen-bond donors (Lipinski definition) is 1. The SMILES string of the molecule is CC(C)(C)c1ccc2c(c1)C1(c3ccccc3-c3ccc(NC4CCC5c6ccccc6C(C)(C)C5C4)cc31)c1cc(C(C)(C)C)ccc1-2. The number of hydrogen-bond acceptors (Lipinski definition) is 1. The van der Waals surface area contributed by atoms with E-state index >= 15 is 0 Å². The van der Waals surface area contributed by atoms with Crippen LogP contribution in [0.3, 0.4) is 0 Å². The molecule has 9 rings (SSSR count). The first-order valence-electron chi connectivity index (χ1n) is 18.7. The lowest BCUT2D eigenvalue weighted by atomic mass is 9.68. The Hall–Kier alpha value is -4.10. The fourth-order valence-corrected chi connectivity index (χ4v) is 10.5. The molecule has 248 valence electrons. The van der Waals surface area contributed by atoms with E-state index < -0.39 is 0 Å². The summed E-state index contributed by atoms with van der Waals surface area (Å²) < 4.78 is 0. The summed E-state index contributed by atoms with van der Waals surface area (Å²) in [4.78, 5) is 0. The molecular formula is C48H51N. The number of fused-ring (bicyclic) bond motifs is 13. The van der Waals surface area contributed by atoms with Crippen LogP contribution >= 0.6 is 0 Å². The third-order valence-corrected chi connectivity index (χ3v) is 13.1. The molecule has 49 heavy (non-hydrogen) atoms. The Kier molecular flexibility index (Phi) is 6.45. The second kappa shape index (κ2) is 10.2. The highest BCUT2D eigenvalue weighted by molar-refractivity contribution is 5.96. The van der Waals surface area contributed by atoms with Crippen LogP contribution in [0.5, 0.6) is 0 Å². The minimum atomic E-state index is -0.358. The van der Waals surface area contributed by atoms with Gasteiger partial charge >= 0.3 is 0 Å². The van der Waals surface area contributed by atoms with Crippen molar-refractivity contribution in [2.24, 2.45) is 5.92 Å². The second-order valence-corrected chi connectivity index (χ2v) is 18.3. The Bertz CT molecular complexity index is 2080. The lowest BCUT2D eigenvalue weighted by molar-refractivity contribution is 0.221. The fraction of sp³-hybridized carbons (Fsp3) is 0.375. The Balaban J connectivity index is 1.20. The van der Waals surface area contributed by atoms with Gasteiger partial charge in [0.15, 0.2) is 0 Å². The van der Waals surface area contributed by atoms with E-state index in [1.54, 1.807) is 11.1 Å². The van der Waals surface area contributed by atoms with Crippen LogP contribution in [0.2, 0.25) is 0 Å². The van der Waals surface area contributed by atoms with Gasteiger partial charge in [0.2, 0.25) is 0 Å². The van der Waals surface area contributed by atoms with Crippen molar-refractivity contribution in [2.45, 2.75) is 108 Å². The standard InChI is InChI=1S/C48H51N/c1-45(2,3)29-17-21-36-37-22-18-30(46(4,5)6)26-43(37)48(42(36)25-29)40-16-12-10-14-34(40)38-24-20-32(28-44(38)48)49-31-19-23-35-33-13-9-11-15-39(33)47(7,8)41(35)27-31/h9-18,20-22,24-26,28,31,35,41,49H,19,23,27H2,1-8H3. The molecule has 1 fully saturated rings. The topological polar surface area (TPSA) is 12.0 Å². The predicted octanol–water partition coefficient (Wildman–Crippen LogP) is 12.3. The van der Waals surface area contributed by atoms with Crippen LogP contribution in [-0.4, -0.2) is 6.04 Å². The Morgan fingerprint density at radius 3 is 1.71 bits per heavy atom. The van der Waals surface area contributed by atoms with Gasteiger partial charge in [-0.15, -0.1) is 0 Å². The maximum Gasteiger partial charge on any atom is 0.0726 e. The van der Waals surface area contributed by atoms with Gasteiger partial charge in [0.25, 0.3) is 0 Å². The van der Waals surface area contributed by atoms with E-state index in [1.807, 2.05) is 0 Å². The smallest absolute Gasteiger partial charge is 0.0726 e. The first-order chi connectivity index (χ1) is 23.3. The summed E-state index contributed by atoms with van der Waals surface area (Å²) in [6.07, 6.45) is 3.68. The van der Waals surface area contributed by atoms with Crippen molar-refractivity contribution in [3.05, 3.63) is 148 Å². The molecule has 1 heteroatoms. The molecule has 0 heterocycles. The first kappa shape index (κ1) is 30.9. The van der Waals surface area contributed by atoms with E-state index in [-0.39, 0.29) is 21.7 Å². The summed E-state index contributed by atoms with van der Waals surface area (Å²) >= 11 is 0. The number of anilines is 1. The van der Waals surface area contributed by atoms with Gasteiger partial charge in [0.05, 0.1) is 5.41 Å². The summed E-state index contributed by atoms with van der Waals surface area (Å²) in [7, 11) is 0. The van der Waals surface area contributed by atoms with Crippen molar-refractivity contribution in [1.29, 1.82) is 0 Å². The lowest BCUT2D eigenvalue weighted by Gasteiger charge is -2.39. The highest BCUT2D eigenvalue weighted by atomic mass is 14.9. The van der Waals surface area contributed by atoms with Crippen molar-refractivity contribution < 1.29 is 0 Å². The van der Waals surface area contributed by atoms with Crippen molar-refractivity contribution in [3.63, 3.8) is 0 Å². The average Bonchev–Trinajstić information content (AvgIpc) is 3.62. The molecule has 1 saturated carbocycles. The van der Waals surface area contributed by atoms with Crippen molar-refractivity contribution >= 4 is 5.69 Å². The molecule has 4 aliphatic rings. The first-order valence-corrected chi connectivity index (χ1v) is 18.7. The molecule has 0 bridgehead atoms. The van der Waals surface area contributed by atoms with E-state index in [0.717, 1.165) is 0 Å². The normalized spacial score (nSPS) is 22.2. The monoisotopic (exact) mass is 641 g/mol. The van der Waals surface area contributed by atoms with E-state index in [9.17, 15) is 0 Å². The van der Waals surface area contributed by atoms with Crippen molar-refractivity contribution in [1.82, 2.24) is 0 Å². The van der Waals surface area contributed by atoms with Gasteiger partial charge in [-0.05, 0) is 126 Å². The molecule has 0 aromatic heterocycles. The highest BCUT2D eigenvalue weighted by Gasteiger charge is 2.53. The molecule has 3 unspecified atom stereocenters. The molecule has 0 radical (unpaired) electrons. The van der Waals surface area contributed by atoms with E-state index in [0.29, 0.717) is 17.9 Å². The van der Waals surface area contributed by atoms with Crippen molar-refractivity contribution in [3.8, 4) is 22.3 Å². The van der Waals surface area contributed by atoms with Crippen LogP contribution in [0.25, 0.3) is 22.3 Å². The predicted molar refractivity (Wildman–Crippen MR) is 207 cm³/mol. The number of benzene rings is 5. The molecule has 1 nitrogen and oxygen atoms in total. The van der Waals surface area contributed by atoms with E-state index in [2.05, 4.69) is 164 Å². The second-order valence-electron chi connectivity index (χ2n) is 18.3. The van der Waals surface area contributed by atoms with Gasteiger partial charge in [0, 0.05) is 11.7 Å². The third-order valence-electron chi connectivity index (χ3n) is 13.1. The fourth-order valence-electron chi connectivity index (χ4n) is 10.5. The summed E-state index contributed by atoms with van der Waals surface area (Å²) in [5.41, 5.74) is 18.4. The summed E-state index contributed by atoms with van der Waals surface area (Å²) in [6, 6.07) is 41.0. The third kappa shape index (κ3) is 4.30. The number of nitrogens with one attached hydrogen (secondary N) is 1. The van der Waals surface area contributed by atoms with Gasteiger partial charge in [-0.2, -0.15) is 0 Å². The zero-order valence-electron chi connectivity index (χ0n) is 30.7. The van der Waals surface area contributed by atoms with Crippen LogP contribution < -0.4 is 5.32 Å². The van der Waals surface area contributed by atoms with Crippen LogP contribution in [0.15, 0.2) is 103 Å². The molecular weight excluding hydrogens is 591 g/mol. The van der Waals surface area contributed by atoms with E-state index in [1.165, 1.54) is 80.6 Å². The maximum absolute atomic E-state index is 4.14. The quantitative estimate of drug-likeness (QED) is 0.198. The van der Waals surface area contributed by atoms with Gasteiger partial charge in [-0.3, -0.25) is 0 Å². The Morgan fingerprint density at radius 2 is 1.08 bits per heavy atom. The molecule has 3 atom stereocenters. The van der Waals surface area contributed by atoms with Gasteiger partial charge in [-0.1, -0.05) is 146 Å². The minimum absolute atomic E-state index is 0.0540. The van der Waals surface area contributed by atoms with Crippen LogP contribution in [0, 0.1) is 5.92 Å². The van der Waals surface area contributed by atoms with Gasteiger partial charge < -0.3 is 5.32 Å². The number of rotatable bonds is 2. The Morgan fingerprint density at radius 1 is 0.551 bits per heavy atom. The molecule has 1 N–H and O–H groups in total. The molecule has 1 spiro atoms. The summed E-state index contributed by atoms with van der Waals surface area (Å²) in [5.74, 6) is 1.35. The molecule has 5 aromatic carbocycles. The van der Waals surface area contributed by atoms with Crippen LogP contribution in [0.1, 0.15) is 125 Å². The minimum Gasteiger partial charge on any atom is -0.382 e. The molecule has 0 aliphatic heterocycles. The van der Waals surface area contributed by atoms with Crippen molar-refractivity contribution in [2.75, 3.05) is 5.32 Å². The zero-order valence-corrected chi connectivity index (χ0v) is 30.7. The zero-order chi connectivity index (χ0) is 34.1. The highest BCUT2D eigenvalue weighted by Crippen LogP contribution is 2.64. The molecule has 0 saturated heterocycles. The van der Waals surface area contributed by atoms with E-state index in [4.69, 9.17) is 0 Å².